The van der Waals surface area contributed by atoms with Gasteiger partial charge in [-0.25, -0.2) is 9.59 Å². The van der Waals surface area contributed by atoms with Crippen LogP contribution in [0.4, 0.5) is 0 Å². The third-order valence-corrected chi connectivity index (χ3v) is 4.07. The Morgan fingerprint density at radius 2 is 1.37 bits per heavy atom. The molecule has 0 aliphatic carbocycles. The first-order chi connectivity index (χ1) is 13.0. The first kappa shape index (κ1) is 20.4. The Kier molecular flexibility index (Phi) is 7.74. The van der Waals surface area contributed by atoms with Crippen molar-refractivity contribution in [2.45, 2.75) is 39.5 Å². The highest BCUT2D eigenvalue weighted by Gasteiger charge is 2.21. The van der Waals surface area contributed by atoms with Crippen LogP contribution in [0.2, 0.25) is 0 Å². The second-order valence-electron chi connectivity index (χ2n) is 6.18. The molecule has 2 aromatic carbocycles. The average molecular weight is 368 g/mol. The minimum atomic E-state index is -0.706. The van der Waals surface area contributed by atoms with Crippen LogP contribution in [0.15, 0.2) is 48.5 Å². The third kappa shape index (κ3) is 5.78. The number of ketones is 1. The molecule has 142 valence electrons. The van der Waals surface area contributed by atoms with Gasteiger partial charge in [0.15, 0.2) is 5.78 Å². The second kappa shape index (κ2) is 10.3. The molecule has 0 bridgehead atoms. The van der Waals surface area contributed by atoms with Crippen molar-refractivity contribution in [3.63, 3.8) is 0 Å². The number of benzene rings is 2. The smallest absolute Gasteiger partial charge is 0.344 e. The van der Waals surface area contributed by atoms with Gasteiger partial charge in [0.25, 0.3) is 0 Å². The number of esters is 2. The highest BCUT2D eigenvalue weighted by atomic mass is 16.5. The van der Waals surface area contributed by atoms with Gasteiger partial charge in [-0.3, -0.25) is 4.79 Å². The normalized spacial score (nSPS) is 10.3. The number of Topliss-reactive ketones (excluding diaryl/α,β-unsaturated/α-hetero) is 1. The Morgan fingerprint density at radius 1 is 0.778 bits per heavy atom. The van der Waals surface area contributed by atoms with Crippen LogP contribution in [0.25, 0.3) is 0 Å². The summed E-state index contributed by atoms with van der Waals surface area (Å²) in [5.41, 5.74) is 0.564. The number of hydrogen-bond donors (Lipinski definition) is 0. The van der Waals surface area contributed by atoms with Gasteiger partial charge in [0.05, 0.1) is 23.3 Å². The molecule has 0 spiro atoms. The first-order valence-corrected chi connectivity index (χ1v) is 9.13. The number of unbranched alkanes of at least 4 members (excludes halogenated alkanes) is 3. The molecule has 2 rings (SSSR count). The molecule has 0 unspecified atom stereocenters. The van der Waals surface area contributed by atoms with E-state index in [1.807, 2.05) is 0 Å². The Balaban J connectivity index is 2.11. The molecule has 0 N–H and O–H groups in total. The predicted octanol–water partition coefficient (Wildman–Crippen LogP) is 4.85. The van der Waals surface area contributed by atoms with Crippen molar-refractivity contribution < 1.29 is 23.9 Å². The molecule has 0 aliphatic heterocycles. The molecule has 0 radical (unpaired) electrons. The van der Waals surface area contributed by atoms with Crippen LogP contribution < -0.4 is 4.74 Å². The summed E-state index contributed by atoms with van der Waals surface area (Å²) in [5.74, 6) is -1.31. The number of para-hydroxylation sites is 1. The van der Waals surface area contributed by atoms with Crippen LogP contribution in [0.5, 0.6) is 5.75 Å². The molecule has 5 heteroatoms. The number of hydrogen-bond acceptors (Lipinski definition) is 5. The lowest BCUT2D eigenvalue weighted by Gasteiger charge is -2.11. The van der Waals surface area contributed by atoms with Gasteiger partial charge in [0, 0.05) is 0 Å². The van der Waals surface area contributed by atoms with Crippen LogP contribution >= 0.6 is 0 Å². The maximum absolute atomic E-state index is 12.6. The van der Waals surface area contributed by atoms with Gasteiger partial charge >= 0.3 is 11.9 Å². The van der Waals surface area contributed by atoms with Crippen molar-refractivity contribution in [1.29, 1.82) is 0 Å². The van der Waals surface area contributed by atoms with Crippen LogP contribution in [-0.4, -0.2) is 24.3 Å². The molecule has 27 heavy (non-hydrogen) atoms. The van der Waals surface area contributed by atoms with Crippen LogP contribution in [0.1, 0.15) is 70.6 Å². The number of rotatable bonds is 9. The standard InChI is InChI=1S/C22H24O5/c1-3-4-5-10-15-26-21(24)18-12-6-7-13-19(18)22(25)27-20-14-9-8-11-17(20)16(2)23/h6-9,11-14H,3-5,10,15H2,1-2H3. The fourth-order valence-corrected chi connectivity index (χ4v) is 2.61. The molecule has 0 heterocycles. The van der Waals surface area contributed by atoms with E-state index in [9.17, 15) is 14.4 Å². The van der Waals surface area contributed by atoms with Gasteiger partial charge in [-0.05, 0) is 37.6 Å². The summed E-state index contributed by atoms with van der Waals surface area (Å²) in [5, 5.41) is 0. The minimum Gasteiger partial charge on any atom is -0.462 e. The SMILES string of the molecule is CCCCCCOC(=O)c1ccccc1C(=O)Oc1ccccc1C(C)=O. The van der Waals surface area contributed by atoms with E-state index in [-0.39, 0.29) is 22.7 Å². The molecule has 0 saturated carbocycles. The Hall–Kier alpha value is -2.95. The number of carbonyl (C=O) groups is 3. The molecule has 2 aromatic rings. The van der Waals surface area contributed by atoms with Crippen molar-refractivity contribution in [1.82, 2.24) is 0 Å². The molecule has 0 fully saturated rings. The zero-order valence-corrected chi connectivity index (χ0v) is 15.7. The molecular formula is C22H24O5. The van der Waals surface area contributed by atoms with E-state index < -0.39 is 11.9 Å². The summed E-state index contributed by atoms with van der Waals surface area (Å²) in [7, 11) is 0. The van der Waals surface area contributed by atoms with Crippen molar-refractivity contribution >= 4 is 17.7 Å². The van der Waals surface area contributed by atoms with Crippen molar-refractivity contribution in [3.8, 4) is 5.75 Å². The maximum Gasteiger partial charge on any atom is 0.344 e. The van der Waals surface area contributed by atoms with Crippen LogP contribution in [0.3, 0.4) is 0 Å². The van der Waals surface area contributed by atoms with Crippen LogP contribution in [0, 0.1) is 0 Å². The minimum absolute atomic E-state index is 0.106. The topological polar surface area (TPSA) is 69.7 Å². The van der Waals surface area contributed by atoms with E-state index in [0.29, 0.717) is 12.2 Å². The lowest BCUT2D eigenvalue weighted by atomic mass is 10.1. The zero-order valence-electron chi connectivity index (χ0n) is 15.7. The summed E-state index contributed by atoms with van der Waals surface area (Å²) in [6.45, 7) is 3.82. The quantitative estimate of drug-likeness (QED) is 0.274. The molecule has 0 amide bonds. The summed E-state index contributed by atoms with van der Waals surface area (Å²) in [6.07, 6.45) is 3.98. The van der Waals surface area contributed by atoms with E-state index in [2.05, 4.69) is 6.92 Å². The van der Waals surface area contributed by atoms with Gasteiger partial charge in [0.1, 0.15) is 5.75 Å². The summed E-state index contributed by atoms with van der Waals surface area (Å²) in [4.78, 5) is 36.6. The lowest BCUT2D eigenvalue weighted by molar-refractivity contribution is 0.0489. The van der Waals surface area contributed by atoms with Crippen molar-refractivity contribution in [2.24, 2.45) is 0 Å². The third-order valence-electron chi connectivity index (χ3n) is 4.07. The molecular weight excluding hydrogens is 344 g/mol. The largest absolute Gasteiger partial charge is 0.462 e. The molecule has 0 saturated heterocycles. The summed E-state index contributed by atoms with van der Waals surface area (Å²) in [6, 6.07) is 12.8. The Labute approximate surface area is 159 Å². The maximum atomic E-state index is 12.6. The first-order valence-electron chi connectivity index (χ1n) is 9.13. The molecule has 0 atom stereocenters. The van der Waals surface area contributed by atoms with Gasteiger partial charge < -0.3 is 9.47 Å². The Bertz CT molecular complexity index is 810. The molecule has 5 nitrogen and oxygen atoms in total. The Morgan fingerprint density at radius 3 is 2.00 bits per heavy atom. The zero-order chi connectivity index (χ0) is 19.6. The van der Waals surface area contributed by atoms with Crippen LogP contribution in [-0.2, 0) is 4.74 Å². The predicted molar refractivity (Wildman–Crippen MR) is 102 cm³/mol. The molecule has 0 aromatic heterocycles. The number of carbonyl (C=O) groups excluding carboxylic acids is 3. The molecule has 0 aliphatic rings. The van der Waals surface area contributed by atoms with Gasteiger partial charge in [-0.2, -0.15) is 0 Å². The monoisotopic (exact) mass is 368 g/mol. The van der Waals surface area contributed by atoms with Crippen molar-refractivity contribution in [2.75, 3.05) is 6.61 Å². The van der Waals surface area contributed by atoms with E-state index in [1.54, 1.807) is 36.4 Å². The number of ether oxygens (including phenoxy) is 2. The fourth-order valence-electron chi connectivity index (χ4n) is 2.61. The second-order valence-corrected chi connectivity index (χ2v) is 6.18. The van der Waals surface area contributed by atoms with Gasteiger partial charge in [-0.15, -0.1) is 0 Å². The van der Waals surface area contributed by atoms with Gasteiger partial charge in [-0.1, -0.05) is 50.5 Å². The van der Waals surface area contributed by atoms with E-state index in [4.69, 9.17) is 9.47 Å². The highest BCUT2D eigenvalue weighted by Crippen LogP contribution is 2.21. The van der Waals surface area contributed by atoms with Gasteiger partial charge in [0.2, 0.25) is 0 Å². The summed E-state index contributed by atoms with van der Waals surface area (Å²) >= 11 is 0. The van der Waals surface area contributed by atoms with E-state index >= 15 is 0 Å². The average Bonchev–Trinajstić information content (AvgIpc) is 2.68. The van der Waals surface area contributed by atoms with E-state index in [0.717, 1.165) is 25.7 Å². The lowest BCUT2D eigenvalue weighted by Crippen LogP contribution is -2.17. The van der Waals surface area contributed by atoms with E-state index in [1.165, 1.54) is 19.1 Å². The fraction of sp³-hybridized carbons (Fsp3) is 0.318. The highest BCUT2D eigenvalue weighted by molar-refractivity contribution is 6.04. The summed E-state index contributed by atoms with van der Waals surface area (Å²) < 4.78 is 10.7. The van der Waals surface area contributed by atoms with Crippen molar-refractivity contribution in [3.05, 3.63) is 65.2 Å².